The molecule has 4 rings (SSSR count). The number of carboxylic acids is 1. The molecule has 0 saturated carbocycles. The number of halogens is 1. The van der Waals surface area contributed by atoms with Crippen LogP contribution in [0.1, 0.15) is 16.8 Å². The van der Waals surface area contributed by atoms with Gasteiger partial charge < -0.3 is 19.5 Å². The minimum absolute atomic E-state index is 0.0685. The van der Waals surface area contributed by atoms with Crippen molar-refractivity contribution in [3.05, 3.63) is 53.1 Å². The van der Waals surface area contributed by atoms with Gasteiger partial charge in [-0.1, -0.05) is 11.6 Å². The van der Waals surface area contributed by atoms with Crippen LogP contribution in [0.5, 0.6) is 11.5 Å². The predicted octanol–water partition coefficient (Wildman–Crippen LogP) is 2.92. The first-order chi connectivity index (χ1) is 14.0. The molecule has 0 spiro atoms. The molecule has 1 unspecified atom stereocenters. The molecule has 0 aromatic heterocycles. The number of piperazine rings is 1. The van der Waals surface area contributed by atoms with E-state index in [0.29, 0.717) is 36.8 Å². The molecular weight excluding hydrogens is 396 g/mol. The molecule has 0 radical (unpaired) electrons. The van der Waals surface area contributed by atoms with Gasteiger partial charge in [0.2, 0.25) is 6.79 Å². The molecule has 1 N–H and O–H groups in total. The highest BCUT2D eigenvalue weighted by Gasteiger charge is 2.31. The van der Waals surface area contributed by atoms with E-state index in [0.717, 1.165) is 17.2 Å². The minimum atomic E-state index is -0.983. The lowest BCUT2D eigenvalue weighted by atomic mass is 10.0. The molecule has 1 atom stereocenters. The van der Waals surface area contributed by atoms with Crippen molar-refractivity contribution in [2.24, 2.45) is 0 Å². The van der Waals surface area contributed by atoms with E-state index in [1.807, 2.05) is 23.1 Å². The summed E-state index contributed by atoms with van der Waals surface area (Å²) in [4.78, 5) is 28.4. The summed E-state index contributed by atoms with van der Waals surface area (Å²) in [6.07, 6.45) is -0.0685. The average molecular weight is 417 g/mol. The van der Waals surface area contributed by atoms with E-state index in [1.165, 1.54) is 0 Å². The van der Waals surface area contributed by atoms with Gasteiger partial charge in [-0.15, -0.1) is 0 Å². The molecule has 2 aromatic rings. The minimum Gasteiger partial charge on any atom is -0.480 e. The van der Waals surface area contributed by atoms with Gasteiger partial charge in [0.05, 0.1) is 0 Å². The summed E-state index contributed by atoms with van der Waals surface area (Å²) in [7, 11) is 0. The van der Waals surface area contributed by atoms with Crippen LogP contribution in [0.25, 0.3) is 0 Å². The third-order valence-electron chi connectivity index (χ3n) is 5.31. The number of Topliss-reactive ketones (excluding diaryl/α,β-unsaturated/α-hetero) is 1. The fourth-order valence-electron chi connectivity index (χ4n) is 3.68. The molecule has 2 aromatic carbocycles. The standard InChI is InChI=1S/C21H21ClN2O5/c22-15-3-1-14(2-4-15)18(25)12-17(21(26)27)24-9-7-23(8-10-24)16-5-6-19-20(11-16)29-13-28-19/h1-6,11,17H,7-10,12-13H2,(H,26,27). The Bertz CT molecular complexity index is 910. The maximum absolute atomic E-state index is 12.5. The lowest BCUT2D eigenvalue weighted by Crippen LogP contribution is -2.53. The number of aliphatic carboxylic acids is 1. The molecule has 29 heavy (non-hydrogen) atoms. The summed E-state index contributed by atoms with van der Waals surface area (Å²) in [6, 6.07) is 11.5. The van der Waals surface area contributed by atoms with Crippen LogP contribution in [0.15, 0.2) is 42.5 Å². The Morgan fingerprint density at radius 1 is 1.00 bits per heavy atom. The summed E-state index contributed by atoms with van der Waals surface area (Å²) < 4.78 is 10.8. The summed E-state index contributed by atoms with van der Waals surface area (Å²) >= 11 is 5.86. The van der Waals surface area contributed by atoms with E-state index in [9.17, 15) is 14.7 Å². The van der Waals surface area contributed by atoms with E-state index in [-0.39, 0.29) is 19.0 Å². The maximum Gasteiger partial charge on any atom is 0.321 e. The first-order valence-electron chi connectivity index (χ1n) is 9.41. The lowest BCUT2D eigenvalue weighted by Gasteiger charge is -2.38. The fourth-order valence-corrected chi connectivity index (χ4v) is 3.80. The smallest absolute Gasteiger partial charge is 0.321 e. The molecule has 7 nitrogen and oxygen atoms in total. The zero-order valence-corrected chi connectivity index (χ0v) is 16.5. The number of carboxylic acid groups (broad SMARTS) is 1. The largest absolute Gasteiger partial charge is 0.480 e. The SMILES string of the molecule is O=C(CC(C(=O)O)N1CCN(c2ccc3c(c2)OCO3)CC1)c1ccc(Cl)cc1. The normalized spacial score (nSPS) is 17.2. The van der Waals surface area contributed by atoms with Crippen molar-refractivity contribution in [2.75, 3.05) is 37.9 Å². The molecule has 1 saturated heterocycles. The second-order valence-corrected chi connectivity index (χ2v) is 7.49. The molecule has 2 aliphatic heterocycles. The van der Waals surface area contributed by atoms with Gasteiger partial charge in [-0.2, -0.15) is 0 Å². The number of hydrogen-bond donors (Lipinski definition) is 1. The molecule has 152 valence electrons. The number of hydrogen-bond acceptors (Lipinski definition) is 6. The van der Waals surface area contributed by atoms with E-state index < -0.39 is 12.0 Å². The maximum atomic E-state index is 12.5. The highest BCUT2D eigenvalue weighted by molar-refractivity contribution is 6.30. The van der Waals surface area contributed by atoms with Gasteiger partial charge in [0.1, 0.15) is 6.04 Å². The molecule has 0 amide bonds. The van der Waals surface area contributed by atoms with Crippen LogP contribution < -0.4 is 14.4 Å². The van der Waals surface area contributed by atoms with E-state index in [4.69, 9.17) is 21.1 Å². The van der Waals surface area contributed by atoms with Gasteiger partial charge >= 0.3 is 5.97 Å². The zero-order chi connectivity index (χ0) is 20.4. The number of ether oxygens (including phenoxy) is 2. The van der Waals surface area contributed by atoms with Gasteiger partial charge in [-0.25, -0.2) is 0 Å². The van der Waals surface area contributed by atoms with Crippen molar-refractivity contribution in [3.8, 4) is 11.5 Å². The Kier molecular flexibility index (Phi) is 5.60. The third-order valence-corrected chi connectivity index (χ3v) is 5.56. The van der Waals surface area contributed by atoms with Crippen molar-refractivity contribution < 1.29 is 24.2 Å². The summed E-state index contributed by atoms with van der Waals surface area (Å²) in [5, 5.41) is 10.2. The van der Waals surface area contributed by atoms with Crippen LogP contribution in [0.2, 0.25) is 5.02 Å². The molecule has 2 heterocycles. The first kappa shape index (κ1) is 19.5. The van der Waals surface area contributed by atoms with E-state index in [2.05, 4.69) is 4.90 Å². The molecule has 0 aliphatic carbocycles. The molecule has 8 heteroatoms. The Morgan fingerprint density at radius 3 is 2.38 bits per heavy atom. The van der Waals surface area contributed by atoms with E-state index >= 15 is 0 Å². The lowest BCUT2D eigenvalue weighted by molar-refractivity contribution is -0.143. The Balaban J connectivity index is 1.39. The quantitative estimate of drug-likeness (QED) is 0.725. The van der Waals surface area contributed by atoms with Crippen molar-refractivity contribution in [3.63, 3.8) is 0 Å². The molecule has 2 aliphatic rings. The second-order valence-electron chi connectivity index (χ2n) is 7.05. The van der Waals surface area contributed by atoms with Crippen LogP contribution in [0, 0.1) is 0 Å². The fraction of sp³-hybridized carbons (Fsp3) is 0.333. The summed E-state index contributed by atoms with van der Waals surface area (Å²) in [6.45, 7) is 2.67. The number of carbonyl (C=O) groups is 2. The monoisotopic (exact) mass is 416 g/mol. The molecule has 0 bridgehead atoms. The average Bonchev–Trinajstić information content (AvgIpc) is 3.20. The first-order valence-corrected chi connectivity index (χ1v) is 9.79. The summed E-state index contributed by atoms with van der Waals surface area (Å²) in [5.74, 6) is 0.275. The van der Waals surface area contributed by atoms with Crippen LogP contribution in [-0.2, 0) is 4.79 Å². The topological polar surface area (TPSA) is 79.3 Å². The highest BCUT2D eigenvalue weighted by Crippen LogP contribution is 2.35. The Hall–Kier alpha value is -2.77. The van der Waals surface area contributed by atoms with Gasteiger partial charge in [0, 0.05) is 54.9 Å². The van der Waals surface area contributed by atoms with Crippen LogP contribution in [-0.4, -0.2) is 60.8 Å². The van der Waals surface area contributed by atoms with Crippen molar-refractivity contribution in [2.45, 2.75) is 12.5 Å². The number of rotatable bonds is 6. The van der Waals surface area contributed by atoms with Gasteiger partial charge in [-0.05, 0) is 36.4 Å². The van der Waals surface area contributed by atoms with Crippen molar-refractivity contribution >= 4 is 29.0 Å². The number of nitrogens with zero attached hydrogens (tertiary/aromatic N) is 2. The van der Waals surface area contributed by atoms with Crippen LogP contribution >= 0.6 is 11.6 Å². The number of fused-ring (bicyclic) bond motifs is 1. The van der Waals surface area contributed by atoms with Gasteiger partial charge in [0.25, 0.3) is 0 Å². The second kappa shape index (κ2) is 8.31. The number of benzene rings is 2. The van der Waals surface area contributed by atoms with Gasteiger partial charge in [0.15, 0.2) is 17.3 Å². The van der Waals surface area contributed by atoms with Crippen LogP contribution in [0.3, 0.4) is 0 Å². The van der Waals surface area contributed by atoms with Crippen LogP contribution in [0.4, 0.5) is 5.69 Å². The highest BCUT2D eigenvalue weighted by atomic mass is 35.5. The number of anilines is 1. The molecule has 1 fully saturated rings. The van der Waals surface area contributed by atoms with Gasteiger partial charge in [-0.3, -0.25) is 14.5 Å². The van der Waals surface area contributed by atoms with Crippen molar-refractivity contribution in [1.82, 2.24) is 4.90 Å². The predicted molar refractivity (Wildman–Crippen MR) is 108 cm³/mol. The number of carbonyl (C=O) groups excluding carboxylic acids is 1. The number of ketones is 1. The summed E-state index contributed by atoms with van der Waals surface area (Å²) in [5.41, 5.74) is 1.48. The van der Waals surface area contributed by atoms with E-state index in [1.54, 1.807) is 24.3 Å². The Morgan fingerprint density at radius 2 is 1.69 bits per heavy atom. The van der Waals surface area contributed by atoms with Crippen molar-refractivity contribution in [1.29, 1.82) is 0 Å². The zero-order valence-electron chi connectivity index (χ0n) is 15.7. The third kappa shape index (κ3) is 4.31. The Labute approximate surface area is 173 Å². The molecular formula is C21H21ClN2O5.